The van der Waals surface area contributed by atoms with Gasteiger partial charge in [-0.15, -0.1) is 0 Å². The second-order valence-corrected chi connectivity index (χ2v) is 2.68. The van der Waals surface area contributed by atoms with E-state index in [9.17, 15) is 0 Å². The van der Waals surface area contributed by atoms with Crippen LogP contribution < -0.4 is 5.73 Å². The van der Waals surface area contributed by atoms with Crippen molar-refractivity contribution in [2.75, 3.05) is 0 Å². The smallest absolute Gasteiger partial charge is 0.141 e. The molecule has 0 amide bonds. The van der Waals surface area contributed by atoms with Gasteiger partial charge in [0.2, 0.25) is 0 Å². The van der Waals surface area contributed by atoms with Gasteiger partial charge in [-0.1, -0.05) is 6.07 Å². The van der Waals surface area contributed by atoms with Crippen LogP contribution in [0.1, 0.15) is 5.69 Å². The number of fused-ring (bicyclic) bond motifs is 1. The Morgan fingerprint density at radius 1 is 1.38 bits per heavy atom. The molecular weight excluding hydrogens is 164 g/mol. The second-order valence-electron chi connectivity index (χ2n) is 2.68. The molecule has 4 nitrogen and oxygen atoms in total. The number of nitrogens with one attached hydrogen (secondary N) is 1. The summed E-state index contributed by atoms with van der Waals surface area (Å²) < 4.78 is 0. The van der Waals surface area contributed by atoms with E-state index in [2.05, 4.69) is 9.97 Å². The molecule has 0 bridgehead atoms. The lowest BCUT2D eigenvalue weighted by Crippen LogP contribution is -2.12. The number of nitrogens with two attached hydrogens (primary N) is 1. The molecule has 0 radical (unpaired) electrons. The van der Waals surface area contributed by atoms with Crippen LogP contribution in [0.15, 0.2) is 30.6 Å². The van der Waals surface area contributed by atoms with Gasteiger partial charge in [-0.05, 0) is 12.1 Å². The molecule has 13 heavy (non-hydrogen) atoms. The maximum absolute atomic E-state index is 7.21. The minimum Gasteiger partial charge on any atom is -0.382 e. The van der Waals surface area contributed by atoms with Crippen LogP contribution in [0.5, 0.6) is 0 Å². The highest BCUT2D eigenvalue weighted by Gasteiger charge is 1.99. The fourth-order valence-corrected chi connectivity index (χ4v) is 1.12. The molecule has 0 saturated heterocycles. The van der Waals surface area contributed by atoms with Crippen LogP contribution in [0.25, 0.3) is 10.9 Å². The third-order valence-corrected chi connectivity index (χ3v) is 1.77. The molecule has 0 atom stereocenters. The molecule has 2 heterocycles. The molecule has 3 N–H and O–H groups in total. The van der Waals surface area contributed by atoms with E-state index in [0.717, 1.165) is 10.9 Å². The van der Waals surface area contributed by atoms with Gasteiger partial charge in [0, 0.05) is 11.6 Å². The molecular formula is C9H8N4. The summed E-state index contributed by atoms with van der Waals surface area (Å²) in [5.41, 5.74) is 6.60. The van der Waals surface area contributed by atoms with Crippen molar-refractivity contribution in [2.45, 2.75) is 0 Å². The minimum absolute atomic E-state index is 0.0225. The molecule has 4 heteroatoms. The molecule has 0 aliphatic rings. The van der Waals surface area contributed by atoms with Gasteiger partial charge >= 0.3 is 0 Å². The van der Waals surface area contributed by atoms with E-state index < -0.39 is 0 Å². The largest absolute Gasteiger partial charge is 0.382 e. The van der Waals surface area contributed by atoms with Gasteiger partial charge < -0.3 is 5.73 Å². The topological polar surface area (TPSA) is 75.7 Å². The minimum atomic E-state index is -0.0225. The van der Waals surface area contributed by atoms with E-state index >= 15 is 0 Å². The zero-order valence-electron chi connectivity index (χ0n) is 6.86. The molecule has 2 aromatic heterocycles. The van der Waals surface area contributed by atoms with Crippen LogP contribution in [0.4, 0.5) is 0 Å². The fourth-order valence-electron chi connectivity index (χ4n) is 1.12. The first kappa shape index (κ1) is 7.67. The van der Waals surface area contributed by atoms with Crippen molar-refractivity contribution in [1.29, 1.82) is 5.41 Å². The summed E-state index contributed by atoms with van der Waals surface area (Å²) in [4.78, 5) is 8.10. The maximum atomic E-state index is 7.21. The number of hydrogen-bond acceptors (Lipinski definition) is 3. The van der Waals surface area contributed by atoms with E-state index in [4.69, 9.17) is 11.1 Å². The van der Waals surface area contributed by atoms with Crippen LogP contribution in [-0.2, 0) is 0 Å². The van der Waals surface area contributed by atoms with Crippen molar-refractivity contribution in [2.24, 2.45) is 5.73 Å². The predicted molar refractivity (Wildman–Crippen MR) is 50.6 cm³/mol. The first-order valence-electron chi connectivity index (χ1n) is 3.82. The van der Waals surface area contributed by atoms with Gasteiger partial charge in [0.05, 0.1) is 11.7 Å². The summed E-state index contributed by atoms with van der Waals surface area (Å²) in [7, 11) is 0. The van der Waals surface area contributed by atoms with Crippen molar-refractivity contribution in [3.8, 4) is 0 Å². The van der Waals surface area contributed by atoms with Gasteiger partial charge in [-0.2, -0.15) is 0 Å². The Labute approximate surface area is 74.9 Å². The number of amidine groups is 1. The standard InChI is InChI=1S/C9H8N4/c10-9(11)7-4-6-2-1-3-12-8(6)5-13-7/h1-5H,(H3,10,11). The SMILES string of the molecule is N=C(N)c1cc2cccnc2cn1. The first-order chi connectivity index (χ1) is 6.27. The number of hydrogen-bond donors (Lipinski definition) is 2. The highest BCUT2D eigenvalue weighted by molar-refractivity contribution is 5.96. The first-order valence-corrected chi connectivity index (χ1v) is 3.82. The number of pyridine rings is 2. The highest BCUT2D eigenvalue weighted by atomic mass is 14.8. The van der Waals surface area contributed by atoms with Crippen molar-refractivity contribution >= 4 is 16.7 Å². The second kappa shape index (κ2) is 2.82. The molecule has 0 fully saturated rings. The van der Waals surface area contributed by atoms with Crippen LogP contribution in [0.3, 0.4) is 0 Å². The summed E-state index contributed by atoms with van der Waals surface area (Å²) in [6.45, 7) is 0. The lowest BCUT2D eigenvalue weighted by molar-refractivity contribution is 1.26. The molecule has 0 aliphatic carbocycles. The molecule has 0 aromatic carbocycles. The molecule has 0 aliphatic heterocycles. The molecule has 0 unspecified atom stereocenters. The summed E-state index contributed by atoms with van der Waals surface area (Å²) >= 11 is 0. The van der Waals surface area contributed by atoms with E-state index in [1.807, 2.05) is 12.1 Å². The third-order valence-electron chi connectivity index (χ3n) is 1.77. The monoisotopic (exact) mass is 172 g/mol. The number of nitrogens with zero attached hydrogens (tertiary/aromatic N) is 2. The summed E-state index contributed by atoms with van der Waals surface area (Å²) in [5.74, 6) is -0.0225. The fraction of sp³-hybridized carbons (Fsp3) is 0. The number of nitrogen functional groups attached to an aromatic ring is 1. The Kier molecular flexibility index (Phi) is 1.66. The number of rotatable bonds is 1. The van der Waals surface area contributed by atoms with Crippen LogP contribution in [-0.4, -0.2) is 15.8 Å². The Morgan fingerprint density at radius 3 is 3.00 bits per heavy atom. The lowest BCUT2D eigenvalue weighted by Gasteiger charge is -1.98. The summed E-state index contributed by atoms with van der Waals surface area (Å²) in [6.07, 6.45) is 3.32. The van der Waals surface area contributed by atoms with E-state index in [1.165, 1.54) is 0 Å². The normalized spacial score (nSPS) is 10.2. The van der Waals surface area contributed by atoms with E-state index in [0.29, 0.717) is 5.69 Å². The van der Waals surface area contributed by atoms with Crippen LogP contribution in [0.2, 0.25) is 0 Å². The Bertz CT molecular complexity index is 464. The summed E-state index contributed by atoms with van der Waals surface area (Å²) in [5, 5.41) is 8.15. The van der Waals surface area contributed by atoms with E-state index in [1.54, 1.807) is 18.5 Å². The van der Waals surface area contributed by atoms with Gasteiger partial charge in [0.1, 0.15) is 11.5 Å². The Morgan fingerprint density at radius 2 is 2.23 bits per heavy atom. The van der Waals surface area contributed by atoms with Gasteiger partial charge in [0.15, 0.2) is 0 Å². The van der Waals surface area contributed by atoms with Gasteiger partial charge in [-0.3, -0.25) is 15.4 Å². The zero-order valence-corrected chi connectivity index (χ0v) is 6.86. The molecule has 64 valence electrons. The van der Waals surface area contributed by atoms with Crippen molar-refractivity contribution in [3.05, 3.63) is 36.3 Å². The average Bonchev–Trinajstić information content (AvgIpc) is 2.17. The van der Waals surface area contributed by atoms with Gasteiger partial charge in [0.25, 0.3) is 0 Å². The van der Waals surface area contributed by atoms with Crippen molar-refractivity contribution in [3.63, 3.8) is 0 Å². The maximum Gasteiger partial charge on any atom is 0.141 e. The Hall–Kier alpha value is -1.97. The molecule has 0 spiro atoms. The van der Waals surface area contributed by atoms with Crippen LogP contribution >= 0.6 is 0 Å². The van der Waals surface area contributed by atoms with Gasteiger partial charge in [-0.25, -0.2) is 0 Å². The lowest BCUT2D eigenvalue weighted by atomic mass is 10.2. The van der Waals surface area contributed by atoms with E-state index in [-0.39, 0.29) is 5.84 Å². The summed E-state index contributed by atoms with van der Waals surface area (Å²) in [6, 6.07) is 5.51. The zero-order chi connectivity index (χ0) is 9.26. The highest BCUT2D eigenvalue weighted by Crippen LogP contribution is 2.09. The Balaban J connectivity index is 2.69. The molecule has 2 aromatic rings. The van der Waals surface area contributed by atoms with Crippen molar-refractivity contribution < 1.29 is 0 Å². The predicted octanol–water partition coefficient (Wildman–Crippen LogP) is 0.914. The molecule has 0 saturated carbocycles. The number of aromatic nitrogens is 2. The quantitative estimate of drug-likeness (QED) is 0.496. The average molecular weight is 172 g/mol. The van der Waals surface area contributed by atoms with Crippen LogP contribution in [0, 0.1) is 5.41 Å². The third kappa shape index (κ3) is 1.33. The van der Waals surface area contributed by atoms with Crippen molar-refractivity contribution in [1.82, 2.24) is 9.97 Å². The molecule has 2 rings (SSSR count).